The van der Waals surface area contributed by atoms with Crippen molar-refractivity contribution in [3.63, 3.8) is 0 Å². The number of halogens is 1. The molecule has 0 fully saturated rings. The minimum absolute atomic E-state index is 0.191. The summed E-state index contributed by atoms with van der Waals surface area (Å²) in [6.07, 6.45) is 3.19. The van der Waals surface area contributed by atoms with E-state index in [1.807, 2.05) is 24.3 Å². The zero-order chi connectivity index (χ0) is 19.3. The molecule has 0 saturated heterocycles. The van der Waals surface area contributed by atoms with Gasteiger partial charge in [0.25, 0.3) is 5.91 Å². The number of aromatic nitrogens is 3. The van der Waals surface area contributed by atoms with Crippen molar-refractivity contribution in [2.45, 2.75) is 32.5 Å². The fraction of sp³-hybridized carbons (Fsp3) is 0.250. The Labute approximate surface area is 163 Å². The summed E-state index contributed by atoms with van der Waals surface area (Å²) in [5.41, 5.74) is 1.12. The van der Waals surface area contributed by atoms with Crippen LogP contribution in [0.2, 0.25) is 5.02 Å². The van der Waals surface area contributed by atoms with E-state index < -0.39 is 5.60 Å². The molecule has 0 atom stereocenters. The average molecular weight is 385 g/mol. The molecule has 0 unspecified atom stereocenters. The second-order valence-electron chi connectivity index (χ2n) is 6.66. The van der Waals surface area contributed by atoms with Crippen LogP contribution in [0.1, 0.15) is 25.0 Å². The fourth-order valence-electron chi connectivity index (χ4n) is 2.50. The van der Waals surface area contributed by atoms with E-state index in [0.717, 1.165) is 11.1 Å². The molecule has 6 nitrogen and oxygen atoms in total. The normalized spacial score (nSPS) is 11.2. The lowest BCUT2D eigenvalue weighted by Crippen LogP contribution is -2.46. The van der Waals surface area contributed by atoms with Crippen molar-refractivity contribution in [3.8, 4) is 5.75 Å². The van der Waals surface area contributed by atoms with Crippen LogP contribution in [0.4, 0.5) is 0 Å². The molecule has 1 heterocycles. The summed E-state index contributed by atoms with van der Waals surface area (Å²) in [7, 11) is 0. The van der Waals surface area contributed by atoms with Crippen LogP contribution in [0.3, 0.4) is 0 Å². The average Bonchev–Trinajstić information content (AvgIpc) is 3.15. The van der Waals surface area contributed by atoms with Crippen LogP contribution in [0.5, 0.6) is 5.75 Å². The van der Waals surface area contributed by atoms with Crippen molar-refractivity contribution in [3.05, 3.63) is 77.3 Å². The Kier molecular flexibility index (Phi) is 5.76. The maximum atomic E-state index is 12.5. The van der Waals surface area contributed by atoms with Crippen LogP contribution in [-0.2, 0) is 17.9 Å². The Morgan fingerprint density at radius 3 is 2.41 bits per heavy atom. The maximum absolute atomic E-state index is 12.5. The summed E-state index contributed by atoms with van der Waals surface area (Å²) >= 11 is 5.87. The molecule has 3 aromatic rings. The predicted octanol–water partition coefficient (Wildman–Crippen LogP) is 3.45. The number of amides is 1. The number of ether oxygens (including phenoxy) is 1. The minimum atomic E-state index is -0.999. The van der Waals surface area contributed by atoms with Gasteiger partial charge in [0.2, 0.25) is 0 Å². The van der Waals surface area contributed by atoms with Crippen molar-refractivity contribution in [1.29, 1.82) is 0 Å². The van der Waals surface area contributed by atoms with Gasteiger partial charge in [0, 0.05) is 11.6 Å². The van der Waals surface area contributed by atoms with Gasteiger partial charge in [-0.05, 0) is 49.2 Å². The van der Waals surface area contributed by atoms with E-state index in [0.29, 0.717) is 23.9 Å². The van der Waals surface area contributed by atoms with Crippen LogP contribution in [0.15, 0.2) is 61.2 Å². The SMILES string of the molecule is CC(C)(Oc1ccc(Cl)cc1)C(=O)NCc1ccc(Cn2cncn2)cc1. The van der Waals surface area contributed by atoms with Crippen molar-refractivity contribution >= 4 is 17.5 Å². The number of nitrogens with zero attached hydrogens (tertiary/aromatic N) is 3. The third-order valence-corrected chi connectivity index (χ3v) is 4.27. The van der Waals surface area contributed by atoms with E-state index in [1.165, 1.54) is 6.33 Å². The standard InChI is InChI=1S/C20H21ClN4O2/c1-20(2,27-18-9-7-17(21)8-10-18)19(26)23-11-15-3-5-16(6-4-15)12-25-14-22-13-24-25/h3-10,13-14H,11-12H2,1-2H3,(H,23,26). The zero-order valence-corrected chi connectivity index (χ0v) is 16.0. The molecule has 1 N–H and O–H groups in total. The van der Waals surface area contributed by atoms with Gasteiger partial charge in [0.15, 0.2) is 5.60 Å². The van der Waals surface area contributed by atoms with Gasteiger partial charge in [-0.3, -0.25) is 4.79 Å². The van der Waals surface area contributed by atoms with Gasteiger partial charge in [-0.2, -0.15) is 5.10 Å². The van der Waals surface area contributed by atoms with Gasteiger partial charge >= 0.3 is 0 Å². The lowest BCUT2D eigenvalue weighted by molar-refractivity contribution is -0.134. The number of carbonyl (C=O) groups excluding carboxylic acids is 1. The minimum Gasteiger partial charge on any atom is -0.478 e. The summed E-state index contributed by atoms with van der Waals surface area (Å²) < 4.78 is 7.56. The second kappa shape index (κ2) is 8.22. The number of benzene rings is 2. The zero-order valence-electron chi connectivity index (χ0n) is 15.2. The highest BCUT2D eigenvalue weighted by molar-refractivity contribution is 6.30. The molecule has 7 heteroatoms. The Balaban J connectivity index is 1.53. The Bertz CT molecular complexity index is 875. The summed E-state index contributed by atoms with van der Waals surface area (Å²) in [6, 6.07) is 14.9. The largest absolute Gasteiger partial charge is 0.478 e. The molecular weight excluding hydrogens is 364 g/mol. The highest BCUT2D eigenvalue weighted by Gasteiger charge is 2.29. The molecule has 27 heavy (non-hydrogen) atoms. The van der Waals surface area contributed by atoms with Gasteiger partial charge < -0.3 is 10.1 Å². The molecule has 3 rings (SSSR count). The topological polar surface area (TPSA) is 69.0 Å². The molecule has 2 aromatic carbocycles. The van der Waals surface area contributed by atoms with Crippen LogP contribution in [0.25, 0.3) is 0 Å². The van der Waals surface area contributed by atoms with Gasteiger partial charge in [-0.25, -0.2) is 9.67 Å². The van der Waals surface area contributed by atoms with E-state index >= 15 is 0 Å². The van der Waals surface area contributed by atoms with Gasteiger partial charge in [0.05, 0.1) is 6.54 Å². The van der Waals surface area contributed by atoms with Crippen molar-refractivity contribution in [2.75, 3.05) is 0 Å². The quantitative estimate of drug-likeness (QED) is 0.677. The van der Waals surface area contributed by atoms with Gasteiger partial charge in [0.1, 0.15) is 18.4 Å². The van der Waals surface area contributed by atoms with E-state index in [1.54, 1.807) is 49.1 Å². The second-order valence-corrected chi connectivity index (χ2v) is 7.09. The number of hydrogen-bond acceptors (Lipinski definition) is 4. The number of carbonyl (C=O) groups is 1. The smallest absolute Gasteiger partial charge is 0.263 e. The summed E-state index contributed by atoms with van der Waals surface area (Å²) in [5.74, 6) is 0.404. The first kappa shape index (κ1) is 18.9. The summed E-state index contributed by atoms with van der Waals surface area (Å²) in [6.45, 7) is 4.56. The monoisotopic (exact) mass is 384 g/mol. The molecule has 140 valence electrons. The molecule has 0 saturated carbocycles. The summed E-state index contributed by atoms with van der Waals surface area (Å²) in [4.78, 5) is 16.4. The lowest BCUT2D eigenvalue weighted by Gasteiger charge is -2.25. The molecule has 0 bridgehead atoms. The van der Waals surface area contributed by atoms with Crippen molar-refractivity contribution < 1.29 is 9.53 Å². The molecule has 0 aliphatic heterocycles. The van der Waals surface area contributed by atoms with Crippen molar-refractivity contribution in [1.82, 2.24) is 20.1 Å². The van der Waals surface area contributed by atoms with E-state index in [2.05, 4.69) is 15.4 Å². The summed E-state index contributed by atoms with van der Waals surface area (Å²) in [5, 5.41) is 7.63. The molecule has 0 radical (unpaired) electrons. The molecule has 0 spiro atoms. The number of hydrogen-bond donors (Lipinski definition) is 1. The highest BCUT2D eigenvalue weighted by atomic mass is 35.5. The van der Waals surface area contributed by atoms with Crippen LogP contribution in [-0.4, -0.2) is 26.3 Å². The molecular formula is C20H21ClN4O2. The fourth-order valence-corrected chi connectivity index (χ4v) is 2.63. The van der Waals surface area contributed by atoms with Crippen molar-refractivity contribution in [2.24, 2.45) is 0 Å². The van der Waals surface area contributed by atoms with Crippen LogP contribution >= 0.6 is 11.6 Å². The molecule has 1 amide bonds. The number of rotatable bonds is 7. The van der Waals surface area contributed by atoms with Gasteiger partial charge in [-0.15, -0.1) is 0 Å². The van der Waals surface area contributed by atoms with Crippen LogP contribution < -0.4 is 10.1 Å². The number of nitrogens with one attached hydrogen (secondary N) is 1. The van der Waals surface area contributed by atoms with E-state index in [4.69, 9.17) is 16.3 Å². The Morgan fingerprint density at radius 2 is 1.78 bits per heavy atom. The van der Waals surface area contributed by atoms with Gasteiger partial charge in [-0.1, -0.05) is 35.9 Å². The lowest BCUT2D eigenvalue weighted by atomic mass is 10.1. The first-order valence-corrected chi connectivity index (χ1v) is 8.93. The third kappa shape index (κ3) is 5.31. The molecule has 0 aliphatic rings. The first-order valence-electron chi connectivity index (χ1n) is 8.55. The molecule has 0 aliphatic carbocycles. The Morgan fingerprint density at radius 1 is 1.11 bits per heavy atom. The first-order chi connectivity index (χ1) is 12.9. The highest BCUT2D eigenvalue weighted by Crippen LogP contribution is 2.21. The predicted molar refractivity (Wildman–Crippen MR) is 104 cm³/mol. The third-order valence-electron chi connectivity index (χ3n) is 4.02. The van der Waals surface area contributed by atoms with E-state index in [9.17, 15) is 4.79 Å². The Hall–Kier alpha value is -2.86. The molecule has 1 aromatic heterocycles. The van der Waals surface area contributed by atoms with E-state index in [-0.39, 0.29) is 5.91 Å². The maximum Gasteiger partial charge on any atom is 0.263 e. The van der Waals surface area contributed by atoms with Crippen LogP contribution in [0, 0.1) is 0 Å².